The van der Waals surface area contributed by atoms with Crippen LogP contribution in [0, 0.1) is 0 Å². The summed E-state index contributed by atoms with van der Waals surface area (Å²) in [5, 5.41) is 5.09. The third-order valence-electron chi connectivity index (χ3n) is 3.76. The van der Waals surface area contributed by atoms with Gasteiger partial charge in [-0.1, -0.05) is 60.1 Å². The number of nitrogens with one attached hydrogen (secondary N) is 2. The molecule has 5 nitrogen and oxygen atoms in total. The van der Waals surface area contributed by atoms with Crippen LogP contribution in [-0.2, 0) is 20.6 Å². The summed E-state index contributed by atoms with van der Waals surface area (Å²) < 4.78 is 26.6. The third kappa shape index (κ3) is 4.82. The van der Waals surface area contributed by atoms with Crippen molar-refractivity contribution in [3.05, 3.63) is 77.3 Å². The average molecular weight is 389 g/mol. The van der Waals surface area contributed by atoms with Crippen LogP contribution in [0.15, 0.2) is 66.7 Å². The molecular formula is C19H17ClN2O3S. The number of halogens is 1. The van der Waals surface area contributed by atoms with E-state index in [0.29, 0.717) is 16.3 Å². The molecule has 0 aliphatic rings. The number of hydrogen-bond acceptors (Lipinski definition) is 3. The highest BCUT2D eigenvalue weighted by atomic mass is 35.5. The molecule has 0 heterocycles. The minimum Gasteiger partial charge on any atom is -0.324 e. The highest BCUT2D eigenvalue weighted by Crippen LogP contribution is 2.22. The Hall–Kier alpha value is -2.41. The van der Waals surface area contributed by atoms with E-state index >= 15 is 0 Å². The number of amides is 1. The molecule has 0 saturated heterocycles. The van der Waals surface area contributed by atoms with Crippen LogP contribution in [0.5, 0.6) is 0 Å². The number of rotatable bonds is 6. The van der Waals surface area contributed by atoms with Gasteiger partial charge in [-0.2, -0.15) is 0 Å². The first-order valence-corrected chi connectivity index (χ1v) is 9.95. The monoisotopic (exact) mass is 388 g/mol. The lowest BCUT2D eigenvalue weighted by Crippen LogP contribution is -2.33. The van der Waals surface area contributed by atoms with E-state index in [1.807, 2.05) is 36.4 Å². The Labute approximate surface area is 157 Å². The Morgan fingerprint density at radius 1 is 0.962 bits per heavy atom. The molecular weight excluding hydrogens is 372 g/mol. The van der Waals surface area contributed by atoms with Crippen molar-refractivity contribution in [3.8, 4) is 0 Å². The molecule has 0 saturated carbocycles. The van der Waals surface area contributed by atoms with Crippen molar-refractivity contribution in [1.29, 1.82) is 0 Å². The molecule has 26 heavy (non-hydrogen) atoms. The lowest BCUT2D eigenvalue weighted by molar-refractivity contribution is -0.115. The van der Waals surface area contributed by atoms with Gasteiger partial charge in [-0.05, 0) is 29.1 Å². The van der Waals surface area contributed by atoms with Crippen LogP contribution in [0.2, 0.25) is 5.02 Å². The largest absolute Gasteiger partial charge is 0.324 e. The number of fused-ring (bicyclic) bond motifs is 1. The van der Waals surface area contributed by atoms with Gasteiger partial charge in [0, 0.05) is 16.1 Å². The fraction of sp³-hybridized carbons (Fsp3) is 0.105. The summed E-state index contributed by atoms with van der Waals surface area (Å²) in [5.74, 6) is -0.675. The van der Waals surface area contributed by atoms with Gasteiger partial charge in [-0.25, -0.2) is 13.1 Å². The minimum absolute atomic E-state index is 0.241. The van der Waals surface area contributed by atoms with E-state index in [1.54, 1.807) is 30.3 Å². The Kier molecular flexibility index (Phi) is 5.56. The Bertz CT molecular complexity index is 1050. The van der Waals surface area contributed by atoms with Gasteiger partial charge in [0.2, 0.25) is 15.9 Å². The first-order valence-electron chi connectivity index (χ1n) is 7.92. The van der Waals surface area contributed by atoms with Crippen LogP contribution in [0.3, 0.4) is 0 Å². The van der Waals surface area contributed by atoms with Gasteiger partial charge >= 0.3 is 0 Å². The lowest BCUT2D eigenvalue weighted by Gasteiger charge is -2.10. The van der Waals surface area contributed by atoms with E-state index in [-0.39, 0.29) is 12.3 Å². The van der Waals surface area contributed by atoms with E-state index in [9.17, 15) is 13.2 Å². The number of anilines is 1. The summed E-state index contributed by atoms with van der Waals surface area (Å²) in [4.78, 5) is 12.2. The summed E-state index contributed by atoms with van der Waals surface area (Å²) in [6.45, 7) is -0.341. The lowest BCUT2D eigenvalue weighted by atomic mass is 10.1. The quantitative estimate of drug-likeness (QED) is 0.678. The maximum atomic E-state index is 12.2. The number of carbonyl (C=O) groups excluding carboxylic acids is 1. The van der Waals surface area contributed by atoms with Gasteiger partial charge in [0.25, 0.3) is 0 Å². The highest BCUT2D eigenvalue weighted by molar-refractivity contribution is 7.88. The standard InChI is InChI=1S/C19H17ClN2O3S/c20-16-8-3-5-14(11-16)13-26(24,25)21-12-19(23)22-18-10-4-7-15-6-1-2-9-17(15)18/h1-11,21H,12-13H2,(H,22,23). The Morgan fingerprint density at radius 2 is 1.69 bits per heavy atom. The Morgan fingerprint density at radius 3 is 2.50 bits per heavy atom. The predicted octanol–water partition coefficient (Wildman–Crippen LogP) is 3.55. The van der Waals surface area contributed by atoms with E-state index in [2.05, 4.69) is 10.0 Å². The normalized spacial score (nSPS) is 11.4. The van der Waals surface area contributed by atoms with Gasteiger partial charge in [-0.15, -0.1) is 0 Å². The van der Waals surface area contributed by atoms with Crippen molar-refractivity contribution in [1.82, 2.24) is 4.72 Å². The van der Waals surface area contributed by atoms with Crippen molar-refractivity contribution in [2.75, 3.05) is 11.9 Å². The van der Waals surface area contributed by atoms with Crippen LogP contribution >= 0.6 is 11.6 Å². The number of benzene rings is 3. The van der Waals surface area contributed by atoms with E-state index in [4.69, 9.17) is 11.6 Å². The first-order chi connectivity index (χ1) is 12.4. The van der Waals surface area contributed by atoms with Crippen LogP contribution < -0.4 is 10.0 Å². The second kappa shape index (κ2) is 7.86. The molecule has 3 rings (SSSR count). The third-order valence-corrected chi connectivity index (χ3v) is 5.29. The van der Waals surface area contributed by atoms with Gasteiger partial charge < -0.3 is 5.32 Å². The maximum Gasteiger partial charge on any atom is 0.239 e. The van der Waals surface area contributed by atoms with Crippen LogP contribution in [-0.4, -0.2) is 20.9 Å². The first kappa shape index (κ1) is 18.4. The molecule has 0 aromatic heterocycles. The molecule has 2 N–H and O–H groups in total. The van der Waals surface area contributed by atoms with Crippen molar-refractivity contribution in [3.63, 3.8) is 0 Å². The molecule has 0 bridgehead atoms. The average Bonchev–Trinajstić information content (AvgIpc) is 2.60. The zero-order valence-corrected chi connectivity index (χ0v) is 15.3. The molecule has 0 fully saturated rings. The van der Waals surface area contributed by atoms with Crippen molar-refractivity contribution >= 4 is 44.0 Å². The molecule has 0 atom stereocenters. The fourth-order valence-electron chi connectivity index (χ4n) is 2.60. The van der Waals surface area contributed by atoms with Gasteiger partial charge in [0.1, 0.15) is 0 Å². The van der Waals surface area contributed by atoms with Crippen molar-refractivity contribution < 1.29 is 13.2 Å². The molecule has 3 aromatic carbocycles. The molecule has 134 valence electrons. The van der Waals surface area contributed by atoms with Crippen LogP contribution in [0.1, 0.15) is 5.56 Å². The number of carbonyl (C=O) groups is 1. The van der Waals surface area contributed by atoms with E-state index in [0.717, 1.165) is 10.8 Å². The summed E-state index contributed by atoms with van der Waals surface area (Å²) >= 11 is 5.86. The smallest absolute Gasteiger partial charge is 0.239 e. The van der Waals surface area contributed by atoms with Crippen molar-refractivity contribution in [2.24, 2.45) is 0 Å². The van der Waals surface area contributed by atoms with E-state index < -0.39 is 15.9 Å². The summed E-state index contributed by atoms with van der Waals surface area (Å²) in [6, 6.07) is 19.8. The second-order valence-electron chi connectivity index (χ2n) is 5.79. The topological polar surface area (TPSA) is 75.3 Å². The molecule has 0 radical (unpaired) electrons. The molecule has 1 amide bonds. The van der Waals surface area contributed by atoms with Gasteiger partial charge in [0.15, 0.2) is 0 Å². The highest BCUT2D eigenvalue weighted by Gasteiger charge is 2.14. The van der Waals surface area contributed by atoms with Gasteiger partial charge in [-0.3, -0.25) is 4.79 Å². The molecule has 0 spiro atoms. The molecule has 0 aliphatic heterocycles. The number of sulfonamides is 1. The van der Waals surface area contributed by atoms with Crippen LogP contribution in [0.25, 0.3) is 10.8 Å². The maximum absolute atomic E-state index is 12.2. The fourth-order valence-corrected chi connectivity index (χ4v) is 3.89. The number of hydrogen-bond donors (Lipinski definition) is 2. The molecule has 3 aromatic rings. The zero-order chi connectivity index (χ0) is 18.6. The van der Waals surface area contributed by atoms with Crippen molar-refractivity contribution in [2.45, 2.75) is 5.75 Å². The van der Waals surface area contributed by atoms with Crippen LogP contribution in [0.4, 0.5) is 5.69 Å². The minimum atomic E-state index is -3.65. The second-order valence-corrected chi connectivity index (χ2v) is 8.03. The Balaban J connectivity index is 1.63. The predicted molar refractivity (Wildman–Crippen MR) is 105 cm³/mol. The summed E-state index contributed by atoms with van der Waals surface area (Å²) in [6.07, 6.45) is 0. The molecule has 0 aliphatic carbocycles. The van der Waals surface area contributed by atoms with Gasteiger partial charge in [0.05, 0.1) is 12.3 Å². The SMILES string of the molecule is O=C(CNS(=O)(=O)Cc1cccc(Cl)c1)Nc1cccc2ccccc12. The molecule has 7 heteroatoms. The zero-order valence-electron chi connectivity index (χ0n) is 13.8. The summed E-state index contributed by atoms with van der Waals surface area (Å²) in [5.41, 5.74) is 1.20. The summed E-state index contributed by atoms with van der Waals surface area (Å²) in [7, 11) is -3.65. The molecule has 0 unspecified atom stereocenters. The van der Waals surface area contributed by atoms with E-state index in [1.165, 1.54) is 0 Å².